The first-order valence-electron chi connectivity index (χ1n) is 22.6. The molecule has 3 saturated heterocycles. The third-order valence-electron chi connectivity index (χ3n) is 12.1. The number of aromatic nitrogens is 12. The van der Waals surface area contributed by atoms with Crippen molar-refractivity contribution in [2.24, 2.45) is 12.2 Å². The Hall–Kier alpha value is -5.84. The van der Waals surface area contributed by atoms with Crippen LogP contribution in [0.1, 0.15) is 18.7 Å². The average Bonchev–Trinajstić information content (AvgIpc) is 4.29. The number of azide groups is 1. The number of aliphatic hydroxyl groups is 3. The van der Waals surface area contributed by atoms with E-state index in [9.17, 15) is 62.7 Å². The number of rotatable bonds is 23. The van der Waals surface area contributed by atoms with Gasteiger partial charge in [-0.1, -0.05) is 10.1 Å². The van der Waals surface area contributed by atoms with Crippen LogP contribution in [0.15, 0.2) is 40.0 Å². The maximum absolute atomic E-state index is 13.8. The van der Waals surface area contributed by atoms with Crippen molar-refractivity contribution < 1.29 is 108 Å². The smallest absolute Gasteiger partial charge is 0.387 e. The Balaban J connectivity index is 0.880. The van der Waals surface area contributed by atoms with Gasteiger partial charge in [0.25, 0.3) is 17.1 Å². The number of aryl methyl sites for hydroxylation is 1. The molecule has 6 aromatic rings. The largest absolute Gasteiger partial charge is 0.490 e. The molecule has 80 heavy (non-hydrogen) atoms. The summed E-state index contributed by atoms with van der Waals surface area (Å²) in [5.41, 5.74) is 18.5. The molecule has 0 radical (unpaired) electrons. The maximum atomic E-state index is 13.8. The molecule has 0 aliphatic carbocycles. The maximum Gasteiger partial charge on any atom is 0.490 e. The molecule has 7 unspecified atom stereocenters. The molecular weight excluding hydrogens is 1170 g/mol. The van der Waals surface area contributed by atoms with Gasteiger partial charge in [-0.15, -0.1) is 0 Å². The first kappa shape index (κ1) is 58.8. The highest BCUT2D eigenvalue weighted by atomic mass is 31.3. The van der Waals surface area contributed by atoms with Crippen LogP contribution < -0.4 is 32.5 Å². The van der Waals surface area contributed by atoms with Crippen LogP contribution >= 0.6 is 31.3 Å². The fraction of sp³-hybridized carbons (Fsp3) is 0.559. The number of aliphatic hydroxyl groups excluding tert-OH is 3. The number of nitrogens with zero attached hydrogens (tertiary/aromatic N) is 13. The zero-order valence-electron chi connectivity index (χ0n) is 40.9. The zero-order valence-corrected chi connectivity index (χ0v) is 44.5. The Morgan fingerprint density at radius 1 is 0.762 bits per heavy atom. The standard InChI is InChI=1S/C34H46N18O24P4/c1-38-24-15-25(40-7-39-24)50(8-41-15)32-23(66-3)22(74-77(58,59)68-4-12-18(53)19(54)30(71-12)51-9-42-16-26(51)44-33(35)46-28(16)56)14(73-32)6-70-79(62,63)76-80(64,65)75-78(60,61)69-5-13-21(67-10-43-48-37)20(55)31(72-13)52-11-49(2)17-27(52)45-34(36)47-29(17)57/h7-9,11-14,18-23,30-32,53-55H,4-6,10H2,1-3H3,(H10-,35,36,38,39,40,44,45,46,47,56,57,58,59,60,61,62,63,64,65)/p+1/t12-,13-,14-,18+,19?,20+,21?,22+,23?,30-,31-,32-/m1/s1. The van der Waals surface area contributed by atoms with Gasteiger partial charge in [-0.2, -0.15) is 13.6 Å². The SMILES string of the molecule is CNc1ncnc2c1ncn2[C@@H]1O[C@H](COP(=O)(O)OP(=O)(O)OP(=O)(O)OC[C@H]2O[C@@H]([n+]3cn(C)c4c(=O)[nH]c(N)nc43)[C@@H](O)C2OCN=[N+]=[N-])[C@H](OP(=O)(O)OC[C@H]2O[C@@H](n3cnc4c(=O)[nH]c(N)nc43)C(O)[C@H]2O)C1OC. The monoisotopic (exact) mass is 1220 g/mol. The van der Waals surface area contributed by atoms with Crippen molar-refractivity contribution in [1.82, 2.24) is 53.6 Å². The molecule has 9 rings (SSSR count). The summed E-state index contributed by atoms with van der Waals surface area (Å²) in [6.07, 6.45) is -15.2. The summed E-state index contributed by atoms with van der Waals surface area (Å²) in [6.45, 7) is -4.12. The van der Waals surface area contributed by atoms with E-state index in [4.69, 9.17) is 58.8 Å². The molecule has 0 spiro atoms. The van der Waals surface area contributed by atoms with Crippen molar-refractivity contribution >= 4 is 82.5 Å². The molecule has 14 N–H and O–H groups in total. The molecule has 0 bridgehead atoms. The number of hydrogen-bond acceptors (Lipinski definition) is 30. The van der Waals surface area contributed by atoms with Gasteiger partial charge in [-0.3, -0.25) is 51.4 Å². The van der Waals surface area contributed by atoms with Gasteiger partial charge in [0.05, 0.1) is 39.5 Å². The van der Waals surface area contributed by atoms with Crippen LogP contribution in [0.25, 0.3) is 43.9 Å². The lowest BCUT2D eigenvalue weighted by atomic mass is 10.1. The lowest BCUT2D eigenvalue weighted by molar-refractivity contribution is -0.745. The summed E-state index contributed by atoms with van der Waals surface area (Å²) in [5.74, 6) is -0.397. The number of fused-ring (bicyclic) bond motifs is 3. The van der Waals surface area contributed by atoms with Crippen LogP contribution in [-0.2, 0) is 75.7 Å². The van der Waals surface area contributed by atoms with Gasteiger partial charge in [0.15, 0.2) is 41.4 Å². The van der Waals surface area contributed by atoms with E-state index in [1.165, 1.54) is 35.9 Å². The van der Waals surface area contributed by atoms with Crippen molar-refractivity contribution in [3.05, 3.63) is 56.5 Å². The Kier molecular flexibility index (Phi) is 16.8. The second kappa shape index (κ2) is 22.8. The second-order valence-electron chi connectivity index (χ2n) is 17.2. The van der Waals surface area contributed by atoms with E-state index < -0.39 is 143 Å². The van der Waals surface area contributed by atoms with E-state index in [1.807, 2.05) is 0 Å². The molecule has 0 aromatic carbocycles. The van der Waals surface area contributed by atoms with Gasteiger partial charge < -0.3 is 75.4 Å². The number of nitrogens with two attached hydrogens (primary N) is 2. The summed E-state index contributed by atoms with van der Waals surface area (Å²) in [7, 11) is -19.5. The minimum absolute atomic E-state index is 0.0339. The first-order chi connectivity index (χ1) is 37.7. The third kappa shape index (κ3) is 12.0. The predicted octanol–water partition coefficient (Wildman–Crippen LogP) is -2.96. The Labute approximate surface area is 443 Å². The van der Waals surface area contributed by atoms with Gasteiger partial charge in [0.1, 0.15) is 73.5 Å². The first-order valence-corrected chi connectivity index (χ1v) is 28.6. The predicted molar refractivity (Wildman–Crippen MR) is 257 cm³/mol. The number of methoxy groups -OCH3 is 1. The third-order valence-corrected chi connectivity index (χ3v) is 17.4. The van der Waals surface area contributed by atoms with Crippen molar-refractivity contribution in [3.63, 3.8) is 0 Å². The number of H-pyrrole nitrogens is 2. The molecule has 0 amide bonds. The van der Waals surface area contributed by atoms with Gasteiger partial charge >= 0.3 is 36.9 Å². The summed E-state index contributed by atoms with van der Waals surface area (Å²) in [4.78, 5) is 99.4. The summed E-state index contributed by atoms with van der Waals surface area (Å²) >= 11 is 0. The number of hydrogen-bond donors (Lipinski definition) is 12. The van der Waals surface area contributed by atoms with Crippen molar-refractivity contribution in [1.29, 1.82) is 0 Å². The Morgan fingerprint density at radius 2 is 1.36 bits per heavy atom. The minimum Gasteiger partial charge on any atom is -0.387 e. The molecule has 3 aliphatic rings. The van der Waals surface area contributed by atoms with Gasteiger partial charge in [0, 0.05) is 19.1 Å². The van der Waals surface area contributed by atoms with Crippen LogP contribution in [0.3, 0.4) is 0 Å². The molecule has 16 atom stereocenters. The van der Waals surface area contributed by atoms with E-state index in [1.54, 1.807) is 0 Å². The summed E-state index contributed by atoms with van der Waals surface area (Å²) < 4.78 is 116. The molecule has 3 aliphatic heterocycles. The highest BCUT2D eigenvalue weighted by molar-refractivity contribution is 7.66. The molecule has 6 aromatic heterocycles. The number of nitrogen functional groups attached to an aromatic ring is 2. The van der Waals surface area contributed by atoms with Crippen LogP contribution in [0.5, 0.6) is 0 Å². The van der Waals surface area contributed by atoms with Crippen LogP contribution in [0.4, 0.5) is 17.7 Å². The number of aromatic amines is 2. The van der Waals surface area contributed by atoms with Gasteiger partial charge in [-0.25, -0.2) is 42.8 Å². The van der Waals surface area contributed by atoms with E-state index in [2.05, 4.69) is 63.8 Å². The molecule has 42 nitrogen and oxygen atoms in total. The highest BCUT2D eigenvalue weighted by Crippen LogP contribution is 2.68. The van der Waals surface area contributed by atoms with Gasteiger partial charge in [0.2, 0.25) is 17.7 Å². The van der Waals surface area contributed by atoms with Gasteiger partial charge in [-0.05, 0) is 5.53 Å². The number of phosphoric acid groups is 4. The fourth-order valence-corrected chi connectivity index (χ4v) is 13.3. The van der Waals surface area contributed by atoms with Crippen molar-refractivity contribution in [3.8, 4) is 0 Å². The highest BCUT2D eigenvalue weighted by Gasteiger charge is 2.54. The normalized spacial score (nSPS) is 29.1. The number of imidazole rings is 3. The molecule has 46 heteroatoms. The number of ether oxygens (including phenoxy) is 5. The summed E-state index contributed by atoms with van der Waals surface area (Å²) in [5, 5.41) is 39.1. The van der Waals surface area contributed by atoms with Crippen molar-refractivity contribution in [2.45, 2.75) is 73.6 Å². The topological polar surface area (TPSA) is 586 Å². The minimum atomic E-state index is -6.25. The lowest BCUT2D eigenvalue weighted by Crippen LogP contribution is -2.46. The molecule has 9 heterocycles. The molecule has 436 valence electrons. The molecule has 3 fully saturated rings. The molecular formula is C34H47N18O24P4+. The lowest BCUT2D eigenvalue weighted by Gasteiger charge is -2.26. The van der Waals surface area contributed by atoms with E-state index in [0.29, 0.717) is 0 Å². The zero-order chi connectivity index (χ0) is 57.8. The molecule has 0 saturated carbocycles. The Bertz CT molecular complexity index is 3670. The fourth-order valence-electron chi connectivity index (χ4n) is 8.79. The number of anilines is 3. The average molecular weight is 1220 g/mol. The number of nitrogens with one attached hydrogen (secondary N) is 3. The van der Waals surface area contributed by atoms with Crippen LogP contribution in [0.2, 0.25) is 0 Å². The van der Waals surface area contributed by atoms with Crippen molar-refractivity contribution in [2.75, 3.05) is 57.5 Å². The van der Waals surface area contributed by atoms with E-state index in [-0.39, 0.29) is 51.2 Å². The summed E-state index contributed by atoms with van der Waals surface area (Å²) in [6, 6.07) is 0. The van der Waals surface area contributed by atoms with E-state index in [0.717, 1.165) is 28.9 Å². The van der Waals surface area contributed by atoms with E-state index >= 15 is 0 Å². The quantitative estimate of drug-likeness (QED) is 0.0100. The Morgan fingerprint density at radius 3 is 2.02 bits per heavy atom. The second-order valence-corrected chi connectivity index (χ2v) is 23.2. The van der Waals surface area contributed by atoms with Crippen LogP contribution in [-0.4, -0.2) is 184 Å². The van der Waals surface area contributed by atoms with Crippen LogP contribution in [0, 0.1) is 0 Å². The number of phosphoric ester groups is 3.